The molecule has 2 N–H and O–H groups in total. The second-order valence-electron chi connectivity index (χ2n) is 12.2. The number of amidine groups is 1. The van der Waals surface area contributed by atoms with Gasteiger partial charge in [0.25, 0.3) is 0 Å². The van der Waals surface area contributed by atoms with Crippen LogP contribution in [0.2, 0.25) is 0 Å². The van der Waals surface area contributed by atoms with Crippen molar-refractivity contribution in [2.24, 2.45) is 33.2 Å². The smallest absolute Gasteiger partial charge is 0.166 e. The third-order valence-electron chi connectivity index (χ3n) is 9.57. The van der Waals surface area contributed by atoms with Crippen LogP contribution in [0.15, 0.2) is 64.9 Å². The van der Waals surface area contributed by atoms with Gasteiger partial charge in [-0.1, -0.05) is 25.0 Å². The molecular weight excluding hydrogens is 545 g/mol. The Morgan fingerprint density at radius 1 is 1.12 bits per heavy atom. The topological polar surface area (TPSA) is 92.5 Å². The summed E-state index contributed by atoms with van der Waals surface area (Å²) in [4.78, 5) is 23.1. The minimum absolute atomic E-state index is 0.0454. The second-order valence-corrected chi connectivity index (χ2v) is 12.2. The Bertz CT molecular complexity index is 1510. The lowest BCUT2D eigenvalue weighted by atomic mass is 9.85. The van der Waals surface area contributed by atoms with Gasteiger partial charge in [0, 0.05) is 36.2 Å². The highest BCUT2D eigenvalue weighted by molar-refractivity contribution is 6.51. The molecule has 1 spiro atoms. The lowest BCUT2D eigenvalue weighted by Crippen LogP contribution is -2.30. The summed E-state index contributed by atoms with van der Waals surface area (Å²) in [6.45, 7) is 3.11. The molecule has 4 unspecified atom stereocenters. The molecule has 2 aliphatic heterocycles. The molecule has 2 aromatic rings. The van der Waals surface area contributed by atoms with Crippen LogP contribution < -0.4 is 10.1 Å². The summed E-state index contributed by atoms with van der Waals surface area (Å²) in [5.41, 5.74) is 4.91. The van der Waals surface area contributed by atoms with Gasteiger partial charge in [-0.3, -0.25) is 9.79 Å². The van der Waals surface area contributed by atoms with Crippen LogP contribution in [0.1, 0.15) is 66.4 Å². The highest BCUT2D eigenvalue weighted by Gasteiger charge is 2.62. The van der Waals surface area contributed by atoms with E-state index in [0.717, 1.165) is 78.6 Å². The number of carbonyl (C=O) groups excluding carboxylic acids is 1. The van der Waals surface area contributed by atoms with Gasteiger partial charge in [-0.05, 0) is 97.9 Å². The summed E-state index contributed by atoms with van der Waals surface area (Å²) in [6, 6.07) is 11.0. The van der Waals surface area contributed by atoms with Crippen LogP contribution in [0.5, 0.6) is 5.75 Å². The first-order valence-corrected chi connectivity index (χ1v) is 15.4. The fraction of sp³-hybridized carbons (Fsp3) is 0.457. The molecule has 2 saturated carbocycles. The van der Waals surface area contributed by atoms with Crippen molar-refractivity contribution in [3.63, 3.8) is 0 Å². The molecule has 7 nitrogen and oxygen atoms in total. The van der Waals surface area contributed by atoms with Crippen LogP contribution in [0.3, 0.4) is 0 Å². The van der Waals surface area contributed by atoms with Crippen molar-refractivity contribution in [3.8, 4) is 5.75 Å². The minimum atomic E-state index is -0.392. The number of aliphatic hydroxyl groups excluding tert-OH is 1. The number of benzene rings is 2. The van der Waals surface area contributed by atoms with Gasteiger partial charge < -0.3 is 19.9 Å². The first-order valence-electron chi connectivity index (χ1n) is 15.4. The van der Waals surface area contributed by atoms with E-state index in [-0.39, 0.29) is 35.4 Å². The molecular formula is C35H40FN3O4. The van der Waals surface area contributed by atoms with Gasteiger partial charge in [-0.25, -0.2) is 9.38 Å². The van der Waals surface area contributed by atoms with Gasteiger partial charge in [-0.15, -0.1) is 0 Å². The number of hydrogen-bond donors (Lipinski definition) is 2. The standard InChI is InChI=1S/C35H40FN3O4/c1-22-18-27(9-10-28(22)32(41)24-5-3-4-23(6-7-24)13-16-43-17-15-40)39-34-33-35(20-26(35)12-14-37-34)29(21-38-33)25-8-11-31(42-2)30(36)19-25/h8-12,14,18-19,21,23-24,26,40H,3-7,13,15-17,20H2,1-2H3,(H,37,39). The number of hydrogen-bond acceptors (Lipinski definition) is 7. The van der Waals surface area contributed by atoms with Gasteiger partial charge >= 0.3 is 0 Å². The molecule has 0 saturated heterocycles. The van der Waals surface area contributed by atoms with E-state index in [9.17, 15) is 9.18 Å². The second kappa shape index (κ2) is 12.5. The number of nitrogens with zero attached hydrogens (tertiary/aromatic N) is 2. The number of halogens is 1. The minimum Gasteiger partial charge on any atom is -0.494 e. The molecule has 2 aliphatic carbocycles. The van der Waals surface area contributed by atoms with Crippen molar-refractivity contribution in [2.75, 3.05) is 32.2 Å². The molecule has 6 rings (SSSR count). The largest absolute Gasteiger partial charge is 0.494 e. The predicted molar refractivity (Wildman–Crippen MR) is 167 cm³/mol. The maximum absolute atomic E-state index is 14.6. The van der Waals surface area contributed by atoms with Crippen molar-refractivity contribution < 1.29 is 23.8 Å². The number of aryl methyl sites for hydroxylation is 1. The van der Waals surface area contributed by atoms with Crippen molar-refractivity contribution in [3.05, 3.63) is 77.4 Å². The first-order chi connectivity index (χ1) is 20.9. The Morgan fingerprint density at radius 3 is 2.79 bits per heavy atom. The predicted octanol–water partition coefficient (Wildman–Crippen LogP) is 6.76. The summed E-state index contributed by atoms with van der Waals surface area (Å²) < 4.78 is 25.2. The molecule has 2 fully saturated rings. The average molecular weight is 586 g/mol. The van der Waals surface area contributed by atoms with E-state index in [4.69, 9.17) is 24.6 Å². The zero-order valence-corrected chi connectivity index (χ0v) is 24.9. The Hall–Kier alpha value is -3.62. The number of anilines is 1. The molecule has 0 aromatic heterocycles. The number of carbonyl (C=O) groups is 1. The number of rotatable bonds is 10. The van der Waals surface area contributed by atoms with E-state index >= 15 is 0 Å². The summed E-state index contributed by atoms with van der Waals surface area (Å²) in [5, 5.41) is 12.4. The summed E-state index contributed by atoms with van der Waals surface area (Å²) in [5.74, 6) is 1.61. The van der Waals surface area contributed by atoms with Crippen molar-refractivity contribution >= 4 is 28.6 Å². The lowest BCUT2D eigenvalue weighted by molar-refractivity contribution is 0.0812. The fourth-order valence-electron chi connectivity index (χ4n) is 7.12. The quantitative estimate of drug-likeness (QED) is 0.183. The van der Waals surface area contributed by atoms with E-state index in [1.54, 1.807) is 6.07 Å². The van der Waals surface area contributed by atoms with E-state index in [0.29, 0.717) is 25.0 Å². The van der Waals surface area contributed by atoms with Gasteiger partial charge in [0.2, 0.25) is 0 Å². The van der Waals surface area contributed by atoms with Crippen LogP contribution in [0, 0.1) is 35.9 Å². The molecule has 8 heteroatoms. The number of methoxy groups -OCH3 is 1. The van der Waals surface area contributed by atoms with E-state index in [2.05, 4.69) is 11.4 Å². The average Bonchev–Trinajstić information content (AvgIpc) is 3.68. The number of ether oxygens (including phenoxy) is 2. The Labute approximate surface area is 252 Å². The third kappa shape index (κ3) is 5.83. The van der Waals surface area contributed by atoms with Crippen LogP contribution in [0.25, 0.3) is 5.57 Å². The van der Waals surface area contributed by atoms with Crippen molar-refractivity contribution in [2.45, 2.75) is 51.9 Å². The molecule has 43 heavy (non-hydrogen) atoms. The number of aliphatic hydroxyl groups is 1. The van der Waals surface area contributed by atoms with Crippen molar-refractivity contribution in [1.29, 1.82) is 0 Å². The van der Waals surface area contributed by atoms with Gasteiger partial charge in [0.05, 0.1) is 31.5 Å². The van der Waals surface area contributed by atoms with Gasteiger partial charge in [-0.2, -0.15) is 0 Å². The Balaban J connectivity index is 1.12. The molecule has 2 heterocycles. The number of ketones is 1. The summed E-state index contributed by atoms with van der Waals surface area (Å²) >= 11 is 0. The van der Waals surface area contributed by atoms with E-state index < -0.39 is 5.82 Å². The number of aliphatic imine (C=N–C) groups is 2. The van der Waals surface area contributed by atoms with Crippen LogP contribution in [0.4, 0.5) is 10.1 Å². The molecule has 226 valence electrons. The first kappa shape index (κ1) is 29.5. The maximum Gasteiger partial charge on any atom is 0.166 e. The Kier molecular flexibility index (Phi) is 8.59. The number of allylic oxidation sites excluding steroid dienone is 2. The lowest BCUT2D eigenvalue weighted by Gasteiger charge is -2.20. The highest BCUT2D eigenvalue weighted by Crippen LogP contribution is 2.65. The number of nitrogens with one attached hydrogen (secondary N) is 1. The van der Waals surface area contributed by atoms with Gasteiger partial charge in [0.1, 0.15) is 0 Å². The van der Waals surface area contributed by atoms with E-state index in [1.807, 2.05) is 43.6 Å². The zero-order valence-electron chi connectivity index (χ0n) is 24.9. The SMILES string of the molecule is COc1ccc(C2=CN=C3C(Nc4ccc(C(=O)C5CCCC(CCOCCO)CC5)c(C)c4)=NC=CC4CC234)cc1F. The zero-order chi connectivity index (χ0) is 30.0. The van der Waals surface area contributed by atoms with Crippen LogP contribution >= 0.6 is 0 Å². The van der Waals surface area contributed by atoms with Gasteiger partial charge in [0.15, 0.2) is 23.2 Å². The van der Waals surface area contributed by atoms with Crippen LogP contribution in [-0.2, 0) is 4.74 Å². The fourth-order valence-corrected chi connectivity index (χ4v) is 7.12. The molecule has 0 bridgehead atoms. The third-order valence-corrected chi connectivity index (χ3v) is 9.57. The number of Topliss-reactive ketones (excluding diaryl/α,β-unsaturated/α-hetero) is 1. The molecule has 0 amide bonds. The molecule has 4 aliphatic rings. The molecule has 2 aromatic carbocycles. The van der Waals surface area contributed by atoms with Crippen LogP contribution in [-0.4, -0.2) is 49.4 Å². The summed E-state index contributed by atoms with van der Waals surface area (Å²) in [7, 11) is 1.46. The monoisotopic (exact) mass is 585 g/mol. The van der Waals surface area contributed by atoms with E-state index in [1.165, 1.54) is 13.2 Å². The normalized spacial score (nSPS) is 25.9. The summed E-state index contributed by atoms with van der Waals surface area (Å²) in [6.07, 6.45) is 12.7. The molecule has 0 radical (unpaired) electrons. The van der Waals surface area contributed by atoms with Crippen molar-refractivity contribution in [1.82, 2.24) is 0 Å². The highest BCUT2D eigenvalue weighted by atomic mass is 19.1. The molecule has 4 atom stereocenters. The Morgan fingerprint density at radius 2 is 2.00 bits per heavy atom. The maximum atomic E-state index is 14.6.